The van der Waals surface area contributed by atoms with Gasteiger partial charge in [0.05, 0.1) is 4.90 Å². The number of sulfonamides is 1. The van der Waals surface area contributed by atoms with E-state index in [1.807, 2.05) is 12.1 Å². The maximum absolute atomic E-state index is 12.6. The Hall–Kier alpha value is -2.38. The fourth-order valence-corrected chi connectivity index (χ4v) is 4.46. The van der Waals surface area contributed by atoms with E-state index in [0.717, 1.165) is 44.7 Å². The van der Waals surface area contributed by atoms with Gasteiger partial charge < -0.3 is 9.80 Å². The van der Waals surface area contributed by atoms with E-state index in [1.54, 1.807) is 24.3 Å². The van der Waals surface area contributed by atoms with E-state index in [-0.39, 0.29) is 16.6 Å². The van der Waals surface area contributed by atoms with Crippen molar-refractivity contribution in [2.45, 2.75) is 17.7 Å². The summed E-state index contributed by atoms with van der Waals surface area (Å²) in [4.78, 5) is 16.8. The van der Waals surface area contributed by atoms with Crippen molar-refractivity contribution >= 4 is 27.2 Å². The second kappa shape index (κ2) is 7.56. The van der Waals surface area contributed by atoms with Crippen LogP contribution < -0.4 is 9.62 Å². The van der Waals surface area contributed by atoms with Crippen LogP contribution in [0.25, 0.3) is 0 Å². The summed E-state index contributed by atoms with van der Waals surface area (Å²) in [5, 5.41) is 0. The number of piperazine rings is 1. The number of anilines is 2. The zero-order chi connectivity index (χ0) is 19.7. The molecule has 2 aromatic carbocycles. The van der Waals surface area contributed by atoms with Gasteiger partial charge in [0.15, 0.2) is 5.78 Å². The number of likely N-dealkylation sites (N-methyl/N-ethyl adjacent to an activating group) is 1. The lowest BCUT2D eigenvalue weighted by molar-refractivity contribution is 0.0967. The van der Waals surface area contributed by atoms with Gasteiger partial charge in [0, 0.05) is 49.0 Å². The lowest BCUT2D eigenvalue weighted by Crippen LogP contribution is -2.44. The summed E-state index contributed by atoms with van der Waals surface area (Å²) in [7, 11) is -1.57. The van der Waals surface area contributed by atoms with Gasteiger partial charge in [-0.3, -0.25) is 9.52 Å². The number of ketones is 1. The molecule has 7 heteroatoms. The van der Waals surface area contributed by atoms with Gasteiger partial charge in [0.25, 0.3) is 10.0 Å². The van der Waals surface area contributed by atoms with E-state index in [4.69, 9.17) is 0 Å². The van der Waals surface area contributed by atoms with Gasteiger partial charge in [-0.25, -0.2) is 8.42 Å². The highest BCUT2D eigenvalue weighted by Gasteiger charge is 2.30. The summed E-state index contributed by atoms with van der Waals surface area (Å²) in [5.41, 5.74) is 2.20. The molecule has 1 saturated carbocycles. The Morgan fingerprint density at radius 3 is 2.11 bits per heavy atom. The molecule has 4 rings (SSSR count). The summed E-state index contributed by atoms with van der Waals surface area (Å²) in [6.07, 6.45) is 1.87. The topological polar surface area (TPSA) is 69.7 Å². The molecule has 2 aromatic rings. The van der Waals surface area contributed by atoms with Crippen LogP contribution in [-0.4, -0.2) is 52.3 Å². The maximum Gasteiger partial charge on any atom is 0.261 e. The molecule has 0 unspecified atom stereocenters. The standard InChI is InChI=1S/C21H25N3O3S/c1-23-12-14-24(15-13-23)19-8-6-18(7-9-19)22-28(26,27)20-10-4-17(5-11-20)21(25)16-2-3-16/h4-11,16,22H,2-3,12-15H2,1H3. The lowest BCUT2D eigenvalue weighted by atomic mass is 10.1. The molecule has 6 nitrogen and oxygen atoms in total. The maximum atomic E-state index is 12.6. The van der Waals surface area contributed by atoms with Crippen molar-refractivity contribution in [1.29, 1.82) is 0 Å². The summed E-state index contributed by atoms with van der Waals surface area (Å²) >= 11 is 0. The molecule has 1 N–H and O–H groups in total. The Balaban J connectivity index is 1.43. The van der Waals surface area contributed by atoms with Crippen molar-refractivity contribution in [3.8, 4) is 0 Å². The molecule has 2 aliphatic rings. The van der Waals surface area contributed by atoms with E-state index in [1.165, 1.54) is 12.1 Å². The van der Waals surface area contributed by atoms with Gasteiger partial charge in [0.2, 0.25) is 0 Å². The highest BCUT2D eigenvalue weighted by molar-refractivity contribution is 7.92. The molecule has 1 heterocycles. The van der Waals surface area contributed by atoms with Gasteiger partial charge in [-0.1, -0.05) is 12.1 Å². The minimum absolute atomic E-state index is 0.108. The fraction of sp³-hybridized carbons (Fsp3) is 0.381. The van der Waals surface area contributed by atoms with Crippen LogP contribution in [0.2, 0.25) is 0 Å². The van der Waals surface area contributed by atoms with Crippen molar-refractivity contribution in [3.05, 3.63) is 54.1 Å². The Morgan fingerprint density at radius 1 is 0.929 bits per heavy atom. The molecule has 1 aliphatic carbocycles. The molecule has 0 atom stereocenters. The Labute approximate surface area is 166 Å². The number of nitrogens with zero attached hydrogens (tertiary/aromatic N) is 2. The van der Waals surface area contributed by atoms with Gasteiger partial charge in [-0.2, -0.15) is 0 Å². The number of hydrogen-bond donors (Lipinski definition) is 1. The number of nitrogens with one attached hydrogen (secondary N) is 1. The van der Waals surface area contributed by atoms with Crippen LogP contribution in [0.5, 0.6) is 0 Å². The van der Waals surface area contributed by atoms with Crippen LogP contribution in [-0.2, 0) is 10.0 Å². The first kappa shape index (κ1) is 19.0. The number of carbonyl (C=O) groups excluding carboxylic acids is 1. The SMILES string of the molecule is CN1CCN(c2ccc(NS(=O)(=O)c3ccc(C(=O)C4CC4)cc3)cc2)CC1. The van der Waals surface area contributed by atoms with Crippen LogP contribution in [0.3, 0.4) is 0 Å². The fourth-order valence-electron chi connectivity index (χ4n) is 3.40. The van der Waals surface area contributed by atoms with Gasteiger partial charge >= 0.3 is 0 Å². The monoisotopic (exact) mass is 399 g/mol. The Bertz CT molecular complexity index is 943. The van der Waals surface area contributed by atoms with Crippen LogP contribution in [0.15, 0.2) is 53.4 Å². The minimum atomic E-state index is -3.69. The largest absolute Gasteiger partial charge is 0.369 e. The minimum Gasteiger partial charge on any atom is -0.369 e. The molecule has 0 radical (unpaired) electrons. The van der Waals surface area contributed by atoms with E-state index in [0.29, 0.717) is 11.3 Å². The van der Waals surface area contributed by atoms with Crippen LogP contribution in [0.1, 0.15) is 23.2 Å². The quantitative estimate of drug-likeness (QED) is 0.757. The normalized spacial score (nSPS) is 18.1. The zero-order valence-corrected chi connectivity index (χ0v) is 16.8. The van der Waals surface area contributed by atoms with E-state index >= 15 is 0 Å². The van der Waals surface area contributed by atoms with Crippen LogP contribution >= 0.6 is 0 Å². The third kappa shape index (κ3) is 4.20. The number of hydrogen-bond acceptors (Lipinski definition) is 5. The molecule has 1 aliphatic heterocycles. The van der Waals surface area contributed by atoms with Crippen molar-refractivity contribution in [1.82, 2.24) is 4.90 Å². The molecule has 0 bridgehead atoms. The number of rotatable bonds is 6. The Morgan fingerprint density at radius 2 is 1.54 bits per heavy atom. The molecule has 0 amide bonds. The smallest absolute Gasteiger partial charge is 0.261 e. The molecular formula is C21H25N3O3S. The first-order valence-electron chi connectivity index (χ1n) is 9.63. The molecule has 2 fully saturated rings. The van der Waals surface area contributed by atoms with Crippen molar-refractivity contribution < 1.29 is 13.2 Å². The van der Waals surface area contributed by atoms with Crippen molar-refractivity contribution in [2.75, 3.05) is 42.8 Å². The highest BCUT2D eigenvalue weighted by Crippen LogP contribution is 2.32. The molecule has 0 spiro atoms. The summed E-state index contributed by atoms with van der Waals surface area (Å²) in [6, 6.07) is 13.7. The second-order valence-electron chi connectivity index (χ2n) is 7.61. The average molecular weight is 400 g/mol. The van der Waals surface area contributed by atoms with Gasteiger partial charge in [-0.05, 0) is 56.3 Å². The molecule has 0 aromatic heterocycles. The van der Waals surface area contributed by atoms with Crippen molar-refractivity contribution in [2.24, 2.45) is 5.92 Å². The summed E-state index contributed by atoms with van der Waals surface area (Å²) in [6.45, 7) is 3.97. The highest BCUT2D eigenvalue weighted by atomic mass is 32.2. The van der Waals surface area contributed by atoms with Crippen LogP contribution in [0.4, 0.5) is 11.4 Å². The predicted octanol–water partition coefficient (Wildman–Crippen LogP) is 2.83. The molecule has 1 saturated heterocycles. The van der Waals surface area contributed by atoms with E-state index in [2.05, 4.69) is 21.6 Å². The molecular weight excluding hydrogens is 374 g/mol. The predicted molar refractivity (Wildman–Crippen MR) is 110 cm³/mol. The summed E-state index contributed by atoms with van der Waals surface area (Å²) in [5.74, 6) is 0.232. The number of benzene rings is 2. The first-order chi connectivity index (χ1) is 13.4. The molecule has 148 valence electrons. The van der Waals surface area contributed by atoms with E-state index < -0.39 is 10.0 Å². The zero-order valence-electron chi connectivity index (χ0n) is 16.0. The van der Waals surface area contributed by atoms with E-state index in [9.17, 15) is 13.2 Å². The van der Waals surface area contributed by atoms with Crippen molar-refractivity contribution in [3.63, 3.8) is 0 Å². The lowest BCUT2D eigenvalue weighted by Gasteiger charge is -2.34. The third-order valence-electron chi connectivity index (χ3n) is 5.39. The molecule has 28 heavy (non-hydrogen) atoms. The first-order valence-corrected chi connectivity index (χ1v) is 11.1. The van der Waals surface area contributed by atoms with Gasteiger partial charge in [0.1, 0.15) is 0 Å². The summed E-state index contributed by atoms with van der Waals surface area (Å²) < 4.78 is 27.9. The second-order valence-corrected chi connectivity index (χ2v) is 9.29. The Kier molecular flexibility index (Phi) is 5.12. The third-order valence-corrected chi connectivity index (χ3v) is 6.78. The number of carbonyl (C=O) groups is 1. The van der Waals surface area contributed by atoms with Gasteiger partial charge in [-0.15, -0.1) is 0 Å². The number of Topliss-reactive ketones (excluding diaryl/α,β-unsaturated/α-hetero) is 1. The average Bonchev–Trinajstić information content (AvgIpc) is 3.54. The van der Waals surface area contributed by atoms with Crippen LogP contribution in [0, 0.1) is 5.92 Å².